The minimum absolute atomic E-state index is 0.486. The first-order valence-electron chi connectivity index (χ1n) is 4.20. The quantitative estimate of drug-likeness (QED) is 0.825. The summed E-state index contributed by atoms with van der Waals surface area (Å²) in [5, 5.41) is 3.47. The Morgan fingerprint density at radius 3 is 2.79 bits per heavy atom. The van der Waals surface area contributed by atoms with Gasteiger partial charge < -0.3 is 9.73 Å². The number of hydrogen-bond donors (Lipinski definition) is 1. The van der Waals surface area contributed by atoms with Gasteiger partial charge in [-0.25, -0.2) is 4.98 Å². The molecular formula is C10H9ClN2O. The van der Waals surface area contributed by atoms with Crippen molar-refractivity contribution in [3.8, 4) is 11.3 Å². The normalized spacial score (nSPS) is 10.1. The van der Waals surface area contributed by atoms with Crippen molar-refractivity contribution >= 4 is 17.6 Å². The fraction of sp³-hybridized carbons (Fsp3) is 0.100. The fourth-order valence-electron chi connectivity index (χ4n) is 1.18. The molecule has 0 aliphatic rings. The summed E-state index contributed by atoms with van der Waals surface area (Å²) in [7, 11) is 1.75. The van der Waals surface area contributed by atoms with E-state index in [2.05, 4.69) is 10.3 Å². The van der Waals surface area contributed by atoms with Crippen LogP contribution in [0.3, 0.4) is 0 Å². The largest absolute Gasteiger partial charge is 0.424 e. The second-order valence-electron chi connectivity index (χ2n) is 2.76. The summed E-state index contributed by atoms with van der Waals surface area (Å²) in [4.78, 5) is 4.02. The molecule has 0 bridgehead atoms. The van der Waals surface area contributed by atoms with Crippen LogP contribution >= 0.6 is 11.6 Å². The first-order valence-corrected chi connectivity index (χ1v) is 4.57. The third kappa shape index (κ3) is 1.59. The van der Waals surface area contributed by atoms with E-state index in [1.165, 1.54) is 0 Å². The Balaban J connectivity index is 2.44. The molecule has 0 unspecified atom stereocenters. The standard InChI is InChI=1S/C10H9ClN2O/c1-12-10-13-6-9(14-10)7-4-2-3-5-8(7)11/h2-6H,1H3,(H,12,13). The summed E-state index contributed by atoms with van der Waals surface area (Å²) >= 11 is 6.00. The molecule has 3 nitrogen and oxygen atoms in total. The predicted molar refractivity (Wildman–Crippen MR) is 56.5 cm³/mol. The monoisotopic (exact) mass is 208 g/mol. The van der Waals surface area contributed by atoms with Crippen LogP contribution in [-0.2, 0) is 0 Å². The summed E-state index contributed by atoms with van der Waals surface area (Å²) in [5.74, 6) is 0.667. The summed E-state index contributed by atoms with van der Waals surface area (Å²) < 4.78 is 5.39. The smallest absolute Gasteiger partial charge is 0.294 e. The van der Waals surface area contributed by atoms with Gasteiger partial charge in [-0.2, -0.15) is 0 Å². The summed E-state index contributed by atoms with van der Waals surface area (Å²) in [6, 6.07) is 7.98. The van der Waals surface area contributed by atoms with E-state index in [-0.39, 0.29) is 0 Å². The van der Waals surface area contributed by atoms with E-state index >= 15 is 0 Å². The number of anilines is 1. The van der Waals surface area contributed by atoms with Crippen LogP contribution in [0.2, 0.25) is 5.02 Å². The lowest BCUT2D eigenvalue weighted by Gasteiger charge is -1.98. The van der Waals surface area contributed by atoms with Crippen molar-refractivity contribution in [3.05, 3.63) is 35.5 Å². The highest BCUT2D eigenvalue weighted by atomic mass is 35.5. The number of benzene rings is 1. The van der Waals surface area contributed by atoms with Crippen LogP contribution in [0, 0.1) is 0 Å². The molecule has 0 spiro atoms. The molecule has 0 aliphatic heterocycles. The van der Waals surface area contributed by atoms with Crippen molar-refractivity contribution in [2.45, 2.75) is 0 Å². The number of halogens is 1. The molecule has 0 atom stereocenters. The van der Waals surface area contributed by atoms with Gasteiger partial charge in [0, 0.05) is 12.6 Å². The Bertz CT molecular complexity index is 439. The number of nitrogens with zero attached hydrogens (tertiary/aromatic N) is 1. The van der Waals surface area contributed by atoms with E-state index < -0.39 is 0 Å². The maximum Gasteiger partial charge on any atom is 0.294 e. The molecule has 72 valence electrons. The Morgan fingerprint density at radius 2 is 2.14 bits per heavy atom. The third-order valence-electron chi connectivity index (χ3n) is 1.86. The molecule has 1 heterocycles. The number of hydrogen-bond acceptors (Lipinski definition) is 3. The lowest BCUT2D eigenvalue weighted by molar-refractivity contribution is 0.590. The first-order chi connectivity index (χ1) is 6.81. The SMILES string of the molecule is CNc1ncc(-c2ccccc2Cl)o1. The summed E-state index contributed by atoms with van der Waals surface area (Å²) in [6.45, 7) is 0. The lowest BCUT2D eigenvalue weighted by atomic mass is 10.2. The van der Waals surface area contributed by atoms with Gasteiger partial charge in [0.25, 0.3) is 6.01 Å². The van der Waals surface area contributed by atoms with E-state index in [1.807, 2.05) is 24.3 Å². The van der Waals surface area contributed by atoms with Gasteiger partial charge in [-0.05, 0) is 12.1 Å². The zero-order chi connectivity index (χ0) is 9.97. The molecular weight excluding hydrogens is 200 g/mol. The number of aromatic nitrogens is 1. The van der Waals surface area contributed by atoms with Gasteiger partial charge >= 0.3 is 0 Å². The van der Waals surface area contributed by atoms with E-state index in [4.69, 9.17) is 16.0 Å². The Labute approximate surface area is 86.7 Å². The highest BCUT2D eigenvalue weighted by Crippen LogP contribution is 2.28. The predicted octanol–water partition coefficient (Wildman–Crippen LogP) is 3.04. The van der Waals surface area contributed by atoms with Gasteiger partial charge in [0.15, 0.2) is 5.76 Å². The third-order valence-corrected chi connectivity index (χ3v) is 2.19. The molecule has 1 aromatic carbocycles. The van der Waals surface area contributed by atoms with Crippen molar-refractivity contribution in [2.75, 3.05) is 12.4 Å². The van der Waals surface area contributed by atoms with Crippen LogP contribution in [0.1, 0.15) is 0 Å². The minimum atomic E-state index is 0.486. The van der Waals surface area contributed by atoms with Crippen LogP contribution < -0.4 is 5.32 Å². The van der Waals surface area contributed by atoms with Crippen LogP contribution in [0.4, 0.5) is 6.01 Å². The molecule has 0 saturated carbocycles. The van der Waals surface area contributed by atoms with Gasteiger partial charge in [-0.3, -0.25) is 0 Å². The maximum atomic E-state index is 6.00. The molecule has 2 rings (SSSR count). The van der Waals surface area contributed by atoms with Crippen molar-refractivity contribution in [3.63, 3.8) is 0 Å². The van der Waals surface area contributed by atoms with E-state index in [0.717, 1.165) is 5.56 Å². The van der Waals surface area contributed by atoms with Crippen LogP contribution in [0.5, 0.6) is 0 Å². The molecule has 0 amide bonds. The van der Waals surface area contributed by atoms with E-state index in [0.29, 0.717) is 16.8 Å². The topological polar surface area (TPSA) is 38.1 Å². The lowest BCUT2D eigenvalue weighted by Crippen LogP contribution is -1.85. The van der Waals surface area contributed by atoms with Gasteiger partial charge in [-0.15, -0.1) is 0 Å². The highest BCUT2D eigenvalue weighted by molar-refractivity contribution is 6.33. The molecule has 1 aromatic heterocycles. The zero-order valence-electron chi connectivity index (χ0n) is 7.62. The molecule has 0 aliphatic carbocycles. The van der Waals surface area contributed by atoms with E-state index in [1.54, 1.807) is 13.2 Å². The molecule has 1 N–H and O–H groups in total. The number of rotatable bonds is 2. The fourth-order valence-corrected chi connectivity index (χ4v) is 1.40. The van der Waals surface area contributed by atoms with Crippen LogP contribution in [0.25, 0.3) is 11.3 Å². The van der Waals surface area contributed by atoms with E-state index in [9.17, 15) is 0 Å². The van der Waals surface area contributed by atoms with Crippen molar-refractivity contribution in [1.82, 2.24) is 4.98 Å². The first kappa shape index (κ1) is 9.09. The average Bonchev–Trinajstić information content (AvgIpc) is 2.67. The molecule has 4 heteroatoms. The van der Waals surface area contributed by atoms with Crippen molar-refractivity contribution in [1.29, 1.82) is 0 Å². The molecule has 2 aromatic rings. The number of oxazole rings is 1. The van der Waals surface area contributed by atoms with Crippen LogP contribution in [-0.4, -0.2) is 12.0 Å². The zero-order valence-corrected chi connectivity index (χ0v) is 8.38. The maximum absolute atomic E-state index is 6.00. The van der Waals surface area contributed by atoms with Gasteiger partial charge in [0.05, 0.1) is 11.2 Å². The van der Waals surface area contributed by atoms with Gasteiger partial charge in [0.2, 0.25) is 0 Å². The van der Waals surface area contributed by atoms with Gasteiger partial charge in [-0.1, -0.05) is 23.7 Å². The Kier molecular flexibility index (Phi) is 2.41. The highest BCUT2D eigenvalue weighted by Gasteiger charge is 2.07. The van der Waals surface area contributed by atoms with Crippen LogP contribution in [0.15, 0.2) is 34.9 Å². The second kappa shape index (κ2) is 3.72. The molecule has 0 fully saturated rings. The Hall–Kier alpha value is -1.48. The summed E-state index contributed by atoms with van der Waals surface area (Å²) in [5.41, 5.74) is 0.850. The average molecular weight is 209 g/mol. The molecule has 0 saturated heterocycles. The number of nitrogens with one attached hydrogen (secondary N) is 1. The summed E-state index contributed by atoms with van der Waals surface area (Å²) in [6.07, 6.45) is 1.65. The molecule has 14 heavy (non-hydrogen) atoms. The van der Waals surface area contributed by atoms with Gasteiger partial charge in [0.1, 0.15) is 0 Å². The Morgan fingerprint density at radius 1 is 1.36 bits per heavy atom. The van der Waals surface area contributed by atoms with Crippen molar-refractivity contribution < 1.29 is 4.42 Å². The molecule has 0 radical (unpaired) electrons. The minimum Gasteiger partial charge on any atom is -0.424 e. The van der Waals surface area contributed by atoms with Crippen molar-refractivity contribution in [2.24, 2.45) is 0 Å². The second-order valence-corrected chi connectivity index (χ2v) is 3.17.